The molecule has 172 valence electrons. The molecule has 1 saturated heterocycles. The Kier molecular flexibility index (Phi) is 6.13. The van der Waals surface area contributed by atoms with Gasteiger partial charge in [-0.15, -0.1) is 0 Å². The number of piperidine rings is 1. The summed E-state index contributed by atoms with van der Waals surface area (Å²) >= 11 is 0. The van der Waals surface area contributed by atoms with Crippen LogP contribution in [0, 0.1) is 0 Å². The van der Waals surface area contributed by atoms with Gasteiger partial charge in [-0.1, -0.05) is 19.1 Å². The molecule has 1 aromatic carbocycles. The lowest BCUT2D eigenvalue weighted by molar-refractivity contribution is -0.126. The Morgan fingerprint density at radius 2 is 2.03 bits per heavy atom. The van der Waals surface area contributed by atoms with Crippen LogP contribution in [-0.2, 0) is 17.9 Å². The molecule has 2 N–H and O–H groups in total. The lowest BCUT2D eigenvalue weighted by Crippen LogP contribution is -2.49. The number of hydrogen-bond donors (Lipinski definition) is 2. The van der Waals surface area contributed by atoms with Crippen LogP contribution in [0.2, 0.25) is 0 Å². The van der Waals surface area contributed by atoms with Crippen molar-refractivity contribution in [1.82, 2.24) is 20.5 Å². The fourth-order valence-corrected chi connectivity index (χ4v) is 5.09. The van der Waals surface area contributed by atoms with Gasteiger partial charge in [-0.2, -0.15) is 0 Å². The van der Waals surface area contributed by atoms with Crippen molar-refractivity contribution in [2.75, 3.05) is 0 Å². The maximum atomic E-state index is 13.0. The van der Waals surface area contributed by atoms with Crippen molar-refractivity contribution in [1.29, 1.82) is 0 Å². The van der Waals surface area contributed by atoms with E-state index in [1.165, 1.54) is 6.42 Å². The molecule has 7 heteroatoms. The van der Waals surface area contributed by atoms with Crippen molar-refractivity contribution in [3.8, 4) is 5.75 Å². The first-order chi connectivity index (χ1) is 16.1. The van der Waals surface area contributed by atoms with E-state index in [1.54, 1.807) is 4.90 Å². The number of benzene rings is 1. The van der Waals surface area contributed by atoms with Crippen LogP contribution in [0.4, 0.5) is 0 Å². The molecule has 0 bridgehead atoms. The minimum absolute atomic E-state index is 0.0730. The third-order valence-corrected chi connectivity index (χ3v) is 6.87. The van der Waals surface area contributed by atoms with E-state index in [0.29, 0.717) is 24.9 Å². The SMILES string of the molecule is C=C1CCC(N2Cc3cc(OC4CCCCC4NCc4ccccn4)ccc3C2=O)C(=O)N1. The molecule has 3 atom stereocenters. The molecule has 3 unspecified atom stereocenters. The highest BCUT2D eigenvalue weighted by molar-refractivity contribution is 6.01. The first kappa shape index (κ1) is 21.6. The van der Waals surface area contributed by atoms with Gasteiger partial charge in [0.2, 0.25) is 5.91 Å². The standard InChI is InChI=1S/C26H30N4O3/c1-17-9-12-23(25(31)29-17)30-16-18-14-20(10-11-21(18)26(30)32)33-24-8-3-2-7-22(24)28-15-19-6-4-5-13-27-19/h4-6,10-11,13-14,22-24,28H,1-3,7-9,12,15-16H2,(H,29,31). The summed E-state index contributed by atoms with van der Waals surface area (Å²) in [6.07, 6.45) is 7.58. The largest absolute Gasteiger partial charge is 0.489 e. The smallest absolute Gasteiger partial charge is 0.255 e. The Balaban J connectivity index is 1.25. The topological polar surface area (TPSA) is 83.6 Å². The second kappa shape index (κ2) is 9.35. The molecule has 2 amide bonds. The summed E-state index contributed by atoms with van der Waals surface area (Å²) in [5.41, 5.74) is 3.32. The lowest BCUT2D eigenvalue weighted by Gasteiger charge is -2.32. The third-order valence-electron chi connectivity index (χ3n) is 6.87. The molecule has 1 saturated carbocycles. The summed E-state index contributed by atoms with van der Waals surface area (Å²) in [4.78, 5) is 31.5. The summed E-state index contributed by atoms with van der Waals surface area (Å²) in [5, 5.41) is 6.41. The van der Waals surface area contributed by atoms with Crippen LogP contribution >= 0.6 is 0 Å². The van der Waals surface area contributed by atoms with Gasteiger partial charge in [0.1, 0.15) is 17.9 Å². The van der Waals surface area contributed by atoms with Crippen LogP contribution in [0.5, 0.6) is 5.75 Å². The molecule has 33 heavy (non-hydrogen) atoms. The molecule has 2 aromatic rings. The van der Waals surface area contributed by atoms with Gasteiger partial charge in [0.15, 0.2) is 0 Å². The highest BCUT2D eigenvalue weighted by atomic mass is 16.5. The van der Waals surface area contributed by atoms with E-state index in [0.717, 1.165) is 48.5 Å². The number of nitrogens with one attached hydrogen (secondary N) is 2. The highest BCUT2D eigenvalue weighted by Crippen LogP contribution is 2.32. The molecular weight excluding hydrogens is 416 g/mol. The van der Waals surface area contributed by atoms with E-state index in [9.17, 15) is 9.59 Å². The van der Waals surface area contributed by atoms with Crippen molar-refractivity contribution < 1.29 is 14.3 Å². The second-order valence-electron chi connectivity index (χ2n) is 9.15. The zero-order valence-electron chi connectivity index (χ0n) is 18.8. The lowest BCUT2D eigenvalue weighted by atomic mass is 9.92. The average molecular weight is 447 g/mol. The van der Waals surface area contributed by atoms with Gasteiger partial charge in [-0.05, 0) is 68.0 Å². The van der Waals surface area contributed by atoms with Gasteiger partial charge in [0, 0.05) is 36.6 Å². The fourth-order valence-electron chi connectivity index (χ4n) is 5.09. The summed E-state index contributed by atoms with van der Waals surface area (Å²) in [6.45, 7) is 4.98. The number of fused-ring (bicyclic) bond motifs is 1. The molecular formula is C26H30N4O3. The maximum Gasteiger partial charge on any atom is 0.255 e. The number of amides is 2. The quantitative estimate of drug-likeness (QED) is 0.711. The van der Waals surface area contributed by atoms with Gasteiger partial charge < -0.3 is 20.3 Å². The Morgan fingerprint density at radius 1 is 1.15 bits per heavy atom. The molecule has 1 aromatic heterocycles. The number of hydrogen-bond acceptors (Lipinski definition) is 5. The maximum absolute atomic E-state index is 13.0. The normalized spacial score (nSPS) is 25.0. The van der Waals surface area contributed by atoms with Gasteiger partial charge in [0.05, 0.1) is 5.69 Å². The van der Waals surface area contributed by atoms with Crippen LogP contribution in [0.1, 0.15) is 60.1 Å². The molecule has 5 rings (SSSR count). The van der Waals surface area contributed by atoms with Gasteiger partial charge in [-0.3, -0.25) is 14.6 Å². The number of allylic oxidation sites excluding steroid dienone is 1. The van der Waals surface area contributed by atoms with E-state index in [4.69, 9.17) is 4.74 Å². The van der Waals surface area contributed by atoms with Crippen molar-refractivity contribution in [3.05, 3.63) is 71.7 Å². The number of nitrogens with zero attached hydrogens (tertiary/aromatic N) is 2. The summed E-state index contributed by atoms with van der Waals surface area (Å²) in [6, 6.07) is 11.5. The zero-order valence-corrected chi connectivity index (χ0v) is 18.8. The summed E-state index contributed by atoms with van der Waals surface area (Å²) < 4.78 is 6.43. The van der Waals surface area contributed by atoms with E-state index < -0.39 is 6.04 Å². The van der Waals surface area contributed by atoms with Crippen LogP contribution < -0.4 is 15.4 Å². The average Bonchev–Trinajstić information content (AvgIpc) is 3.14. The summed E-state index contributed by atoms with van der Waals surface area (Å²) in [5.74, 6) is 0.547. The molecule has 7 nitrogen and oxygen atoms in total. The number of ether oxygens (including phenoxy) is 1. The van der Waals surface area contributed by atoms with Crippen molar-refractivity contribution in [2.24, 2.45) is 0 Å². The first-order valence-electron chi connectivity index (χ1n) is 11.8. The van der Waals surface area contributed by atoms with E-state index >= 15 is 0 Å². The fraction of sp³-hybridized carbons (Fsp3) is 0.423. The minimum Gasteiger partial charge on any atom is -0.489 e. The highest BCUT2D eigenvalue weighted by Gasteiger charge is 2.38. The Labute approximate surface area is 194 Å². The Morgan fingerprint density at radius 3 is 2.85 bits per heavy atom. The third kappa shape index (κ3) is 4.64. The number of carbonyl (C=O) groups excluding carboxylic acids is 2. The molecule has 3 heterocycles. The van der Waals surface area contributed by atoms with Gasteiger partial charge in [0.25, 0.3) is 5.91 Å². The molecule has 0 radical (unpaired) electrons. The molecule has 2 aliphatic heterocycles. The monoisotopic (exact) mass is 446 g/mol. The van der Waals surface area contributed by atoms with Crippen LogP contribution in [0.3, 0.4) is 0 Å². The van der Waals surface area contributed by atoms with Crippen LogP contribution in [0.25, 0.3) is 0 Å². The van der Waals surface area contributed by atoms with Crippen molar-refractivity contribution in [3.63, 3.8) is 0 Å². The van der Waals surface area contributed by atoms with E-state index in [-0.39, 0.29) is 24.0 Å². The minimum atomic E-state index is -0.446. The zero-order chi connectivity index (χ0) is 22.8. The molecule has 2 fully saturated rings. The number of rotatable bonds is 6. The van der Waals surface area contributed by atoms with E-state index in [1.807, 2.05) is 42.6 Å². The number of pyridine rings is 1. The predicted molar refractivity (Wildman–Crippen MR) is 124 cm³/mol. The molecule has 3 aliphatic rings. The first-order valence-corrected chi connectivity index (χ1v) is 11.8. The van der Waals surface area contributed by atoms with Crippen molar-refractivity contribution >= 4 is 11.8 Å². The van der Waals surface area contributed by atoms with Crippen LogP contribution in [-0.4, -0.2) is 39.9 Å². The Hall–Kier alpha value is -3.19. The van der Waals surface area contributed by atoms with Crippen molar-refractivity contribution in [2.45, 2.75) is 69.8 Å². The van der Waals surface area contributed by atoms with Gasteiger partial charge in [-0.25, -0.2) is 0 Å². The predicted octanol–water partition coefficient (Wildman–Crippen LogP) is 3.31. The molecule has 0 spiro atoms. The molecule has 1 aliphatic carbocycles. The van der Waals surface area contributed by atoms with Gasteiger partial charge >= 0.3 is 0 Å². The van der Waals surface area contributed by atoms with E-state index in [2.05, 4.69) is 22.2 Å². The second-order valence-corrected chi connectivity index (χ2v) is 9.15. The Bertz CT molecular complexity index is 1050. The number of carbonyl (C=O) groups is 2. The van der Waals surface area contributed by atoms with Crippen LogP contribution in [0.15, 0.2) is 54.9 Å². The number of aromatic nitrogens is 1. The summed E-state index contributed by atoms with van der Waals surface area (Å²) in [7, 11) is 0.